The fourth-order valence-corrected chi connectivity index (χ4v) is 1.90. The summed E-state index contributed by atoms with van der Waals surface area (Å²) in [4.78, 5) is 3.74. The summed E-state index contributed by atoms with van der Waals surface area (Å²) in [5.74, 6) is -0.854. The van der Waals surface area contributed by atoms with Gasteiger partial charge in [0.2, 0.25) is 0 Å². The van der Waals surface area contributed by atoms with Gasteiger partial charge in [0.05, 0.1) is 5.69 Å². The number of aromatic nitrogens is 1. The van der Waals surface area contributed by atoms with Crippen molar-refractivity contribution in [1.29, 1.82) is 5.26 Å². The van der Waals surface area contributed by atoms with E-state index in [9.17, 15) is 21.6 Å². The van der Waals surface area contributed by atoms with E-state index in [2.05, 4.69) is 28.9 Å². The molecule has 23 heavy (non-hydrogen) atoms. The topological polar surface area (TPSA) is 80.0 Å². The molecule has 0 spiro atoms. The van der Waals surface area contributed by atoms with Gasteiger partial charge in [-0.05, 0) is 24.6 Å². The third-order valence-electron chi connectivity index (χ3n) is 2.64. The van der Waals surface area contributed by atoms with E-state index >= 15 is 0 Å². The molecule has 122 valence electrons. The predicted octanol–water partition coefficient (Wildman–Crippen LogP) is 3.41. The van der Waals surface area contributed by atoms with Crippen molar-refractivity contribution < 1.29 is 25.8 Å². The Labute approximate surface area is 131 Å². The summed E-state index contributed by atoms with van der Waals surface area (Å²) in [6.45, 7) is 12.4. The van der Waals surface area contributed by atoms with E-state index in [0.29, 0.717) is 5.57 Å². The third kappa shape index (κ3) is 3.78. The van der Waals surface area contributed by atoms with Crippen molar-refractivity contribution in [3.8, 4) is 11.8 Å². The highest BCUT2D eigenvalue weighted by Gasteiger charge is 2.49. The predicted molar refractivity (Wildman–Crippen MR) is 78.5 cm³/mol. The van der Waals surface area contributed by atoms with Crippen molar-refractivity contribution in [2.45, 2.75) is 12.4 Å². The Morgan fingerprint density at radius 2 is 2.00 bits per heavy atom. The van der Waals surface area contributed by atoms with Gasteiger partial charge in [-0.3, -0.25) is 0 Å². The molecule has 9 heteroatoms. The molecule has 0 aliphatic heterocycles. The van der Waals surface area contributed by atoms with Gasteiger partial charge >= 0.3 is 15.6 Å². The lowest BCUT2D eigenvalue weighted by Gasteiger charge is -2.14. The van der Waals surface area contributed by atoms with E-state index in [-0.39, 0.29) is 16.8 Å². The number of pyridine rings is 1. The second-order valence-electron chi connectivity index (χ2n) is 4.33. The number of halogens is 3. The summed E-state index contributed by atoms with van der Waals surface area (Å²) < 4.78 is 63.5. The molecule has 1 aromatic rings. The van der Waals surface area contributed by atoms with Crippen molar-refractivity contribution >= 4 is 21.8 Å². The molecule has 0 aliphatic carbocycles. The van der Waals surface area contributed by atoms with Gasteiger partial charge in [0.1, 0.15) is 6.07 Å². The van der Waals surface area contributed by atoms with E-state index in [1.54, 1.807) is 6.92 Å². The lowest BCUT2D eigenvalue weighted by molar-refractivity contribution is -0.0500. The van der Waals surface area contributed by atoms with Crippen LogP contribution in [0, 0.1) is 11.3 Å². The highest BCUT2D eigenvalue weighted by Crippen LogP contribution is 2.32. The van der Waals surface area contributed by atoms with Crippen LogP contribution in [0.3, 0.4) is 0 Å². The summed E-state index contributed by atoms with van der Waals surface area (Å²) in [5, 5.41) is 8.93. The zero-order chi connectivity index (χ0) is 18.0. The van der Waals surface area contributed by atoms with Crippen LogP contribution in [0.4, 0.5) is 13.2 Å². The van der Waals surface area contributed by atoms with Crippen LogP contribution in [0.15, 0.2) is 31.4 Å². The molecule has 0 unspecified atom stereocenters. The van der Waals surface area contributed by atoms with Crippen molar-refractivity contribution in [2.24, 2.45) is 0 Å². The van der Waals surface area contributed by atoms with Crippen molar-refractivity contribution in [3.05, 3.63) is 48.3 Å². The summed E-state index contributed by atoms with van der Waals surface area (Å²) in [7, 11) is -5.93. The number of hydrogen-bond acceptors (Lipinski definition) is 5. The maximum absolute atomic E-state index is 12.4. The van der Waals surface area contributed by atoms with Gasteiger partial charge in [0.15, 0.2) is 11.4 Å². The minimum atomic E-state index is -5.93. The Morgan fingerprint density at radius 1 is 1.43 bits per heavy atom. The van der Waals surface area contributed by atoms with Crippen LogP contribution in [0.5, 0.6) is 5.75 Å². The van der Waals surface area contributed by atoms with Crippen molar-refractivity contribution in [1.82, 2.24) is 4.98 Å². The Hall–Kier alpha value is -2.60. The molecule has 1 aromatic heterocycles. The SMILES string of the molecule is C=Cc1nc(C#N)c(OS(=O)(=O)C(F)(F)F)cc1C(=C)C(=C)C. The van der Waals surface area contributed by atoms with Crippen LogP contribution in [-0.4, -0.2) is 18.9 Å². The van der Waals surface area contributed by atoms with Crippen LogP contribution in [0.2, 0.25) is 0 Å². The van der Waals surface area contributed by atoms with E-state index in [1.807, 2.05) is 0 Å². The molecule has 0 aromatic carbocycles. The average molecular weight is 344 g/mol. The molecule has 0 saturated carbocycles. The first-order valence-electron chi connectivity index (χ1n) is 5.88. The molecule has 1 rings (SSSR count). The first-order chi connectivity index (χ1) is 10.4. The smallest absolute Gasteiger partial charge is 0.373 e. The molecular formula is C14H11F3N2O3S. The summed E-state index contributed by atoms with van der Waals surface area (Å²) in [6.07, 6.45) is 1.24. The normalized spacial score (nSPS) is 11.4. The zero-order valence-electron chi connectivity index (χ0n) is 11.9. The fraction of sp³-hybridized carbons (Fsp3) is 0.143. The lowest BCUT2D eigenvalue weighted by atomic mass is 9.99. The fourth-order valence-electron chi connectivity index (χ4n) is 1.45. The van der Waals surface area contributed by atoms with Crippen LogP contribution < -0.4 is 4.18 Å². The second-order valence-corrected chi connectivity index (χ2v) is 5.86. The quantitative estimate of drug-likeness (QED) is 0.464. The summed E-state index contributed by atoms with van der Waals surface area (Å²) >= 11 is 0. The summed E-state index contributed by atoms with van der Waals surface area (Å²) in [6, 6.07) is 2.41. The van der Waals surface area contributed by atoms with Gasteiger partial charge < -0.3 is 4.18 Å². The maximum atomic E-state index is 12.4. The van der Waals surface area contributed by atoms with E-state index in [4.69, 9.17) is 5.26 Å². The minimum Gasteiger partial charge on any atom is -0.373 e. The largest absolute Gasteiger partial charge is 0.534 e. The van der Waals surface area contributed by atoms with E-state index in [0.717, 1.165) is 6.07 Å². The number of hydrogen-bond donors (Lipinski definition) is 0. The number of nitriles is 1. The molecule has 5 nitrogen and oxygen atoms in total. The Kier molecular flexibility index (Phi) is 5.02. The molecule has 1 heterocycles. The molecule has 0 fully saturated rings. The standard InChI is InChI=1S/C14H11F3N2O3S/c1-5-11-10(9(4)8(2)3)6-13(12(7-18)19-11)22-23(20,21)14(15,16)17/h5-6H,1-2,4H2,3H3. The third-order valence-corrected chi connectivity index (χ3v) is 3.61. The zero-order valence-corrected chi connectivity index (χ0v) is 12.8. The van der Waals surface area contributed by atoms with Crippen LogP contribution in [0.25, 0.3) is 11.6 Å². The number of allylic oxidation sites excluding steroid dienone is 2. The van der Waals surface area contributed by atoms with E-state index in [1.165, 1.54) is 12.1 Å². The molecule has 0 saturated heterocycles. The molecular weight excluding hydrogens is 333 g/mol. The molecule has 0 amide bonds. The lowest BCUT2D eigenvalue weighted by Crippen LogP contribution is -2.28. The van der Waals surface area contributed by atoms with E-state index < -0.39 is 27.1 Å². The molecule has 0 aliphatic rings. The van der Waals surface area contributed by atoms with Crippen LogP contribution in [-0.2, 0) is 10.1 Å². The van der Waals surface area contributed by atoms with Crippen molar-refractivity contribution in [3.63, 3.8) is 0 Å². The van der Waals surface area contributed by atoms with Gasteiger partial charge in [-0.1, -0.05) is 25.3 Å². The highest BCUT2D eigenvalue weighted by atomic mass is 32.2. The highest BCUT2D eigenvalue weighted by molar-refractivity contribution is 7.88. The Bertz CT molecular complexity index is 834. The second kappa shape index (κ2) is 6.26. The van der Waals surface area contributed by atoms with Crippen molar-refractivity contribution in [2.75, 3.05) is 0 Å². The molecule has 0 N–H and O–H groups in total. The monoisotopic (exact) mass is 344 g/mol. The van der Waals surface area contributed by atoms with Gasteiger partial charge in [0, 0.05) is 5.56 Å². The van der Waals surface area contributed by atoms with Gasteiger partial charge in [-0.25, -0.2) is 4.98 Å². The van der Waals surface area contributed by atoms with Gasteiger partial charge in [-0.15, -0.1) is 0 Å². The molecule has 0 atom stereocenters. The van der Waals surface area contributed by atoms with Gasteiger partial charge in [0.25, 0.3) is 0 Å². The number of alkyl halides is 3. The van der Waals surface area contributed by atoms with Crippen LogP contribution in [0.1, 0.15) is 23.9 Å². The molecule has 0 radical (unpaired) electrons. The maximum Gasteiger partial charge on any atom is 0.534 e. The minimum absolute atomic E-state index is 0.131. The number of nitrogens with zero attached hydrogens (tertiary/aromatic N) is 2. The Balaban J connectivity index is 3.59. The summed E-state index contributed by atoms with van der Waals surface area (Å²) in [5.41, 5.74) is -5.24. The number of rotatable bonds is 5. The average Bonchev–Trinajstić information content (AvgIpc) is 2.44. The first kappa shape index (κ1) is 18.4. The first-order valence-corrected chi connectivity index (χ1v) is 7.29. The van der Waals surface area contributed by atoms with Gasteiger partial charge in [-0.2, -0.15) is 26.9 Å². The van der Waals surface area contributed by atoms with Crippen LogP contribution >= 0.6 is 0 Å². The Morgan fingerprint density at radius 3 is 2.39 bits per heavy atom. The molecule has 0 bridgehead atoms.